The Hall–Kier alpha value is -3.07. The summed E-state index contributed by atoms with van der Waals surface area (Å²) in [4.78, 5) is 16.7. The van der Waals surface area contributed by atoms with Crippen molar-refractivity contribution in [1.29, 1.82) is 5.26 Å². The topological polar surface area (TPSA) is 119 Å². The van der Waals surface area contributed by atoms with Gasteiger partial charge in [-0.2, -0.15) is 5.26 Å². The average molecular weight is 261 g/mol. The van der Waals surface area contributed by atoms with Crippen LogP contribution >= 0.6 is 0 Å². The highest BCUT2D eigenvalue weighted by Gasteiger charge is 1.99. The van der Waals surface area contributed by atoms with Crippen LogP contribution in [0.5, 0.6) is 5.75 Å². The van der Waals surface area contributed by atoms with E-state index in [1.54, 1.807) is 30.3 Å². The fourth-order valence-electron chi connectivity index (χ4n) is 1.37. The van der Waals surface area contributed by atoms with E-state index in [4.69, 9.17) is 25.1 Å². The van der Waals surface area contributed by atoms with Gasteiger partial charge in [0.15, 0.2) is 0 Å². The van der Waals surface area contributed by atoms with E-state index in [1.165, 1.54) is 0 Å². The minimum atomic E-state index is -0.250. The third kappa shape index (κ3) is 5.19. The van der Waals surface area contributed by atoms with E-state index in [2.05, 4.69) is 6.07 Å². The molecule has 2 rings (SSSR count). The number of nitrogens with zero attached hydrogens (tertiary/aromatic N) is 1. The summed E-state index contributed by atoms with van der Waals surface area (Å²) in [6.07, 6.45) is 0. The SMILES string of the molecule is N#Cc1cccc2cc(O)ccc12.O=CO.O=CO. The number of hydrogen-bond acceptors (Lipinski definition) is 4. The zero-order valence-corrected chi connectivity index (χ0v) is 9.72. The average Bonchev–Trinajstić information content (AvgIpc) is 2.39. The Balaban J connectivity index is 0.000000465. The molecular formula is C13H11NO5. The molecule has 0 saturated heterocycles. The second-order valence-electron chi connectivity index (χ2n) is 3.03. The first-order chi connectivity index (χ1) is 9.14. The molecule has 0 aromatic heterocycles. The number of fused-ring (bicyclic) bond motifs is 1. The highest BCUT2D eigenvalue weighted by molar-refractivity contribution is 5.88. The van der Waals surface area contributed by atoms with E-state index >= 15 is 0 Å². The first-order valence-corrected chi connectivity index (χ1v) is 4.92. The second-order valence-corrected chi connectivity index (χ2v) is 3.03. The van der Waals surface area contributed by atoms with Crippen molar-refractivity contribution in [3.8, 4) is 11.8 Å². The van der Waals surface area contributed by atoms with Crippen molar-refractivity contribution in [2.75, 3.05) is 0 Å². The molecule has 2 aromatic rings. The number of rotatable bonds is 0. The standard InChI is InChI=1S/C11H7NO.2CH2O2/c12-7-9-3-1-2-8-6-10(13)4-5-11(8)9;2*2-1-3/h1-6,13H;2*1H,(H,2,3). The molecule has 0 fully saturated rings. The molecule has 3 N–H and O–H groups in total. The maximum atomic E-state index is 9.21. The summed E-state index contributed by atoms with van der Waals surface area (Å²) < 4.78 is 0. The van der Waals surface area contributed by atoms with Gasteiger partial charge < -0.3 is 15.3 Å². The summed E-state index contributed by atoms with van der Waals surface area (Å²) in [5, 5.41) is 33.5. The summed E-state index contributed by atoms with van der Waals surface area (Å²) >= 11 is 0. The molecular weight excluding hydrogens is 250 g/mol. The van der Waals surface area contributed by atoms with Crippen LogP contribution in [-0.2, 0) is 9.59 Å². The first kappa shape index (κ1) is 15.9. The number of hydrogen-bond donors (Lipinski definition) is 3. The zero-order chi connectivity index (χ0) is 14.7. The third-order valence-corrected chi connectivity index (χ3v) is 1.98. The summed E-state index contributed by atoms with van der Waals surface area (Å²) in [7, 11) is 0. The molecule has 19 heavy (non-hydrogen) atoms. The van der Waals surface area contributed by atoms with Crippen LogP contribution in [0, 0.1) is 11.3 Å². The zero-order valence-electron chi connectivity index (χ0n) is 9.72. The molecule has 0 saturated carbocycles. The van der Waals surface area contributed by atoms with Gasteiger partial charge in [0.25, 0.3) is 12.9 Å². The molecule has 0 amide bonds. The van der Waals surface area contributed by atoms with Gasteiger partial charge >= 0.3 is 0 Å². The predicted octanol–water partition coefficient (Wildman–Crippen LogP) is 1.82. The van der Waals surface area contributed by atoms with E-state index in [-0.39, 0.29) is 18.7 Å². The van der Waals surface area contributed by atoms with Crippen LogP contribution in [0.3, 0.4) is 0 Å². The summed E-state index contributed by atoms with van der Waals surface area (Å²) in [6.45, 7) is -0.500. The molecule has 0 spiro atoms. The Bertz CT molecular complexity index is 583. The molecule has 0 aliphatic rings. The number of phenols is 1. The van der Waals surface area contributed by atoms with Gasteiger partial charge in [0.1, 0.15) is 5.75 Å². The van der Waals surface area contributed by atoms with Gasteiger partial charge in [-0.1, -0.05) is 12.1 Å². The van der Waals surface area contributed by atoms with E-state index in [0.717, 1.165) is 10.8 Å². The fraction of sp³-hybridized carbons (Fsp3) is 0. The lowest BCUT2D eigenvalue weighted by molar-refractivity contribution is -0.123. The Labute approximate surface area is 108 Å². The van der Waals surface area contributed by atoms with Crippen molar-refractivity contribution < 1.29 is 24.9 Å². The molecule has 0 radical (unpaired) electrons. The molecule has 2 aromatic carbocycles. The van der Waals surface area contributed by atoms with Gasteiger partial charge in [-0.05, 0) is 35.0 Å². The van der Waals surface area contributed by atoms with E-state index < -0.39 is 0 Å². The van der Waals surface area contributed by atoms with Crippen molar-refractivity contribution in [1.82, 2.24) is 0 Å². The molecule has 0 unspecified atom stereocenters. The number of nitriles is 1. The van der Waals surface area contributed by atoms with Gasteiger partial charge in [0.2, 0.25) is 0 Å². The van der Waals surface area contributed by atoms with Crippen molar-refractivity contribution >= 4 is 23.7 Å². The number of carboxylic acid groups (broad SMARTS) is 2. The molecule has 6 nitrogen and oxygen atoms in total. The summed E-state index contributed by atoms with van der Waals surface area (Å²) in [6, 6.07) is 12.5. The van der Waals surface area contributed by atoms with Gasteiger partial charge in [-0.3, -0.25) is 9.59 Å². The molecule has 0 heterocycles. The number of carbonyl (C=O) groups is 2. The summed E-state index contributed by atoms with van der Waals surface area (Å²) in [5.74, 6) is 0.225. The van der Waals surface area contributed by atoms with Crippen LogP contribution in [0.1, 0.15) is 5.56 Å². The Morgan fingerprint density at radius 2 is 1.63 bits per heavy atom. The van der Waals surface area contributed by atoms with Crippen molar-refractivity contribution in [3.05, 3.63) is 42.0 Å². The number of aromatic hydroxyl groups is 1. The molecule has 6 heteroatoms. The predicted molar refractivity (Wildman–Crippen MR) is 67.7 cm³/mol. The maximum absolute atomic E-state index is 9.21. The Kier molecular flexibility index (Phi) is 7.56. The van der Waals surface area contributed by atoms with E-state index in [0.29, 0.717) is 5.56 Å². The normalized spacial score (nSPS) is 7.95. The molecule has 0 bridgehead atoms. The highest BCUT2D eigenvalue weighted by Crippen LogP contribution is 2.22. The first-order valence-electron chi connectivity index (χ1n) is 4.92. The lowest BCUT2D eigenvalue weighted by atomic mass is 10.1. The van der Waals surface area contributed by atoms with Crippen molar-refractivity contribution in [2.24, 2.45) is 0 Å². The number of benzene rings is 2. The molecule has 0 aliphatic carbocycles. The highest BCUT2D eigenvalue weighted by atomic mass is 16.3. The van der Waals surface area contributed by atoms with Gasteiger partial charge in [-0.25, -0.2) is 0 Å². The summed E-state index contributed by atoms with van der Waals surface area (Å²) in [5.41, 5.74) is 0.637. The van der Waals surface area contributed by atoms with Crippen molar-refractivity contribution in [3.63, 3.8) is 0 Å². The van der Waals surface area contributed by atoms with Crippen LogP contribution in [0.4, 0.5) is 0 Å². The number of phenolic OH excluding ortho intramolecular Hbond substituents is 1. The monoisotopic (exact) mass is 261 g/mol. The second kappa shape index (κ2) is 9.01. The van der Waals surface area contributed by atoms with E-state index in [9.17, 15) is 5.11 Å². The Morgan fingerprint density at radius 3 is 2.16 bits per heavy atom. The lowest BCUT2D eigenvalue weighted by Crippen LogP contribution is -1.78. The molecule has 0 atom stereocenters. The smallest absolute Gasteiger partial charge is 0.290 e. The van der Waals surface area contributed by atoms with Crippen LogP contribution in [0.2, 0.25) is 0 Å². The van der Waals surface area contributed by atoms with Crippen LogP contribution in [0.15, 0.2) is 36.4 Å². The van der Waals surface area contributed by atoms with Crippen molar-refractivity contribution in [2.45, 2.75) is 0 Å². The molecule has 0 aliphatic heterocycles. The maximum Gasteiger partial charge on any atom is 0.290 e. The van der Waals surface area contributed by atoms with Crippen LogP contribution in [0.25, 0.3) is 10.8 Å². The lowest BCUT2D eigenvalue weighted by Gasteiger charge is -1.99. The van der Waals surface area contributed by atoms with Gasteiger partial charge in [0, 0.05) is 0 Å². The minimum absolute atomic E-state index is 0.225. The van der Waals surface area contributed by atoms with Gasteiger partial charge in [0.05, 0.1) is 11.6 Å². The van der Waals surface area contributed by atoms with Crippen LogP contribution < -0.4 is 0 Å². The van der Waals surface area contributed by atoms with Crippen LogP contribution in [-0.4, -0.2) is 28.3 Å². The fourth-order valence-corrected chi connectivity index (χ4v) is 1.37. The van der Waals surface area contributed by atoms with E-state index in [1.807, 2.05) is 6.07 Å². The largest absolute Gasteiger partial charge is 0.508 e. The molecule has 98 valence electrons. The van der Waals surface area contributed by atoms with Gasteiger partial charge in [-0.15, -0.1) is 0 Å². The Morgan fingerprint density at radius 1 is 1.05 bits per heavy atom. The third-order valence-electron chi connectivity index (χ3n) is 1.98. The quantitative estimate of drug-likeness (QED) is 0.622. The minimum Gasteiger partial charge on any atom is -0.508 e.